The Labute approximate surface area is 218 Å². The molecule has 7 nitrogen and oxygen atoms in total. The fraction of sp³-hybridized carbons (Fsp3) is 0.259. The number of hydrogen-bond donors (Lipinski definition) is 1. The number of amides is 1. The zero-order chi connectivity index (χ0) is 26.1. The molecule has 0 heterocycles. The summed E-state index contributed by atoms with van der Waals surface area (Å²) in [6.07, 6.45) is 3.46. The first kappa shape index (κ1) is 27.3. The molecule has 3 aromatic rings. The van der Waals surface area contributed by atoms with E-state index in [1.807, 2.05) is 49.6 Å². The minimum Gasteiger partial charge on any atom is -0.372 e. The van der Waals surface area contributed by atoms with Crippen LogP contribution in [0.4, 0.5) is 11.4 Å². The smallest absolute Gasteiger partial charge is 0.264 e. The zero-order valence-corrected chi connectivity index (χ0v) is 22.6. The third-order valence-electron chi connectivity index (χ3n) is 5.68. The summed E-state index contributed by atoms with van der Waals surface area (Å²) in [6, 6.07) is 21.5. The number of anilines is 2. The maximum atomic E-state index is 13.5. The third-order valence-corrected chi connectivity index (χ3v) is 8.21. The average molecular weight is 525 g/mol. The number of carbonyl (C=O) groups excluding carboxylic acids is 1. The van der Waals surface area contributed by atoms with Gasteiger partial charge >= 0.3 is 0 Å². The number of aryl methyl sites for hydroxylation is 1. The van der Waals surface area contributed by atoms with Crippen LogP contribution < -0.4 is 14.6 Å². The van der Waals surface area contributed by atoms with Gasteiger partial charge in [-0.1, -0.05) is 29.8 Å². The fourth-order valence-corrected chi connectivity index (χ4v) is 5.43. The van der Waals surface area contributed by atoms with Crippen molar-refractivity contribution in [1.82, 2.24) is 5.43 Å². The number of thioether (sulfide) groups is 1. The van der Waals surface area contributed by atoms with Crippen molar-refractivity contribution in [3.63, 3.8) is 0 Å². The number of hydrazone groups is 1. The minimum atomic E-state index is -3.98. The number of carbonyl (C=O) groups is 1. The quantitative estimate of drug-likeness (QED) is 0.219. The van der Waals surface area contributed by atoms with Crippen LogP contribution in [0.3, 0.4) is 0 Å². The monoisotopic (exact) mass is 524 g/mol. The van der Waals surface area contributed by atoms with Gasteiger partial charge in [0.05, 0.1) is 16.8 Å². The van der Waals surface area contributed by atoms with Gasteiger partial charge < -0.3 is 4.90 Å². The van der Waals surface area contributed by atoms with Gasteiger partial charge in [0.1, 0.15) is 6.54 Å². The summed E-state index contributed by atoms with van der Waals surface area (Å²) in [5, 5.41) is 4.03. The van der Waals surface area contributed by atoms with Crippen molar-refractivity contribution >= 4 is 45.3 Å². The van der Waals surface area contributed by atoms with E-state index in [-0.39, 0.29) is 4.90 Å². The van der Waals surface area contributed by atoms with Gasteiger partial charge in [-0.2, -0.15) is 5.10 Å². The lowest BCUT2D eigenvalue weighted by Crippen LogP contribution is -2.39. The molecule has 1 N–H and O–H groups in total. The van der Waals surface area contributed by atoms with Crippen LogP contribution in [0.25, 0.3) is 0 Å². The lowest BCUT2D eigenvalue weighted by atomic mass is 10.2. The molecule has 0 unspecified atom stereocenters. The molecule has 9 heteroatoms. The largest absolute Gasteiger partial charge is 0.372 e. The first-order valence-corrected chi connectivity index (χ1v) is 14.3. The first-order valence-electron chi connectivity index (χ1n) is 11.7. The van der Waals surface area contributed by atoms with Gasteiger partial charge in [0, 0.05) is 23.7 Å². The van der Waals surface area contributed by atoms with E-state index in [4.69, 9.17) is 0 Å². The van der Waals surface area contributed by atoms with Crippen molar-refractivity contribution in [2.45, 2.75) is 30.6 Å². The van der Waals surface area contributed by atoms with Crippen LogP contribution in [-0.4, -0.2) is 46.4 Å². The van der Waals surface area contributed by atoms with Crippen molar-refractivity contribution in [2.75, 3.05) is 35.1 Å². The van der Waals surface area contributed by atoms with Crippen molar-refractivity contribution in [2.24, 2.45) is 5.10 Å². The Balaban J connectivity index is 1.76. The molecule has 190 valence electrons. The maximum absolute atomic E-state index is 13.5. The molecule has 0 atom stereocenters. The molecule has 0 fully saturated rings. The summed E-state index contributed by atoms with van der Waals surface area (Å²) >= 11 is 1.53. The Kier molecular flexibility index (Phi) is 9.55. The highest BCUT2D eigenvalue weighted by molar-refractivity contribution is 7.98. The van der Waals surface area contributed by atoms with Crippen LogP contribution in [0.2, 0.25) is 0 Å². The number of hydrogen-bond acceptors (Lipinski definition) is 6. The second-order valence-electron chi connectivity index (χ2n) is 8.08. The predicted molar refractivity (Wildman–Crippen MR) is 150 cm³/mol. The molecule has 0 radical (unpaired) electrons. The van der Waals surface area contributed by atoms with E-state index < -0.39 is 22.5 Å². The van der Waals surface area contributed by atoms with Crippen LogP contribution >= 0.6 is 11.8 Å². The highest BCUT2D eigenvalue weighted by Crippen LogP contribution is 2.25. The number of benzene rings is 3. The van der Waals surface area contributed by atoms with Crippen molar-refractivity contribution in [1.29, 1.82) is 0 Å². The Morgan fingerprint density at radius 3 is 2.06 bits per heavy atom. The van der Waals surface area contributed by atoms with Gasteiger partial charge in [-0.25, -0.2) is 13.8 Å². The van der Waals surface area contributed by atoms with Crippen molar-refractivity contribution < 1.29 is 13.2 Å². The molecule has 0 spiro atoms. The molecule has 0 aromatic heterocycles. The highest BCUT2D eigenvalue weighted by Gasteiger charge is 2.27. The Morgan fingerprint density at radius 1 is 0.917 bits per heavy atom. The molecular weight excluding hydrogens is 492 g/mol. The molecule has 3 rings (SSSR count). The normalized spacial score (nSPS) is 11.4. The van der Waals surface area contributed by atoms with E-state index in [9.17, 15) is 13.2 Å². The Morgan fingerprint density at radius 2 is 1.50 bits per heavy atom. The summed E-state index contributed by atoms with van der Waals surface area (Å²) < 4.78 is 28.1. The molecule has 0 saturated carbocycles. The summed E-state index contributed by atoms with van der Waals surface area (Å²) in [5.74, 6) is -0.545. The number of nitrogens with one attached hydrogen (secondary N) is 1. The van der Waals surface area contributed by atoms with E-state index in [2.05, 4.69) is 29.3 Å². The number of rotatable bonds is 11. The van der Waals surface area contributed by atoms with Gasteiger partial charge in [-0.15, -0.1) is 11.8 Å². The average Bonchev–Trinajstić information content (AvgIpc) is 2.89. The predicted octanol–water partition coefficient (Wildman–Crippen LogP) is 4.91. The van der Waals surface area contributed by atoms with Crippen LogP contribution in [0.15, 0.2) is 87.7 Å². The minimum absolute atomic E-state index is 0.116. The molecule has 0 aliphatic carbocycles. The number of nitrogens with zero attached hydrogens (tertiary/aromatic N) is 3. The molecule has 0 saturated heterocycles. The van der Waals surface area contributed by atoms with Gasteiger partial charge in [0.2, 0.25) is 0 Å². The van der Waals surface area contributed by atoms with Gasteiger partial charge in [0.25, 0.3) is 15.9 Å². The van der Waals surface area contributed by atoms with Crippen LogP contribution in [0.5, 0.6) is 0 Å². The van der Waals surface area contributed by atoms with E-state index in [0.717, 1.165) is 39.1 Å². The summed E-state index contributed by atoms with van der Waals surface area (Å²) in [6.45, 7) is 7.55. The summed E-state index contributed by atoms with van der Waals surface area (Å²) in [5.41, 5.74) is 5.78. The van der Waals surface area contributed by atoms with E-state index >= 15 is 0 Å². The summed E-state index contributed by atoms with van der Waals surface area (Å²) in [7, 11) is -3.98. The number of sulfonamides is 1. The SMILES string of the molecule is CCN(CC)c1ccc(/C=N\NC(=O)CN(c2ccc(C)cc2)S(=O)(=O)c2ccc(SC)cc2)cc1. The molecule has 1 amide bonds. The van der Waals surface area contributed by atoms with E-state index in [0.29, 0.717) is 5.69 Å². The van der Waals surface area contributed by atoms with Gasteiger partial charge in [0.15, 0.2) is 0 Å². The molecule has 3 aromatic carbocycles. The standard InChI is InChI=1S/C27H32N4O3S2/c1-5-30(6-2)23-13-9-22(10-14-23)19-28-29-27(32)20-31(24-11-7-21(3)8-12-24)36(33,34)26-17-15-25(35-4)16-18-26/h7-19H,5-6,20H2,1-4H3,(H,29,32)/b28-19-. The highest BCUT2D eigenvalue weighted by atomic mass is 32.2. The van der Waals surface area contributed by atoms with Crippen LogP contribution in [0.1, 0.15) is 25.0 Å². The third kappa shape index (κ3) is 6.89. The van der Waals surface area contributed by atoms with Crippen LogP contribution in [0, 0.1) is 6.92 Å². The second-order valence-corrected chi connectivity index (χ2v) is 10.8. The van der Waals surface area contributed by atoms with Crippen LogP contribution in [-0.2, 0) is 14.8 Å². The molecular formula is C27H32N4O3S2. The summed E-state index contributed by atoms with van der Waals surface area (Å²) in [4.78, 5) is 16.0. The molecule has 0 aliphatic rings. The Hall–Kier alpha value is -3.30. The fourth-order valence-electron chi connectivity index (χ4n) is 3.61. The van der Waals surface area contributed by atoms with Gasteiger partial charge in [-0.3, -0.25) is 9.10 Å². The Bertz CT molecular complexity index is 1270. The zero-order valence-electron chi connectivity index (χ0n) is 21.0. The lowest BCUT2D eigenvalue weighted by Gasteiger charge is -2.24. The molecule has 36 heavy (non-hydrogen) atoms. The topological polar surface area (TPSA) is 82.1 Å². The lowest BCUT2D eigenvalue weighted by molar-refractivity contribution is -0.119. The van der Waals surface area contributed by atoms with Gasteiger partial charge in [-0.05, 0) is 81.1 Å². The van der Waals surface area contributed by atoms with E-state index in [1.165, 1.54) is 18.0 Å². The maximum Gasteiger partial charge on any atom is 0.264 e. The van der Waals surface area contributed by atoms with Crippen molar-refractivity contribution in [3.05, 3.63) is 83.9 Å². The molecule has 0 bridgehead atoms. The van der Waals surface area contributed by atoms with E-state index in [1.54, 1.807) is 36.4 Å². The second kappa shape index (κ2) is 12.6. The first-order chi connectivity index (χ1) is 17.3. The molecule has 0 aliphatic heterocycles. The van der Waals surface area contributed by atoms with Crippen molar-refractivity contribution in [3.8, 4) is 0 Å².